The van der Waals surface area contributed by atoms with Crippen molar-refractivity contribution in [1.82, 2.24) is 4.90 Å². The van der Waals surface area contributed by atoms with Crippen molar-refractivity contribution in [2.24, 2.45) is 0 Å². The molecule has 0 saturated heterocycles. The van der Waals surface area contributed by atoms with Crippen LogP contribution in [-0.4, -0.2) is 25.7 Å². The lowest BCUT2D eigenvalue weighted by Gasteiger charge is -2.33. The van der Waals surface area contributed by atoms with E-state index in [-0.39, 0.29) is 6.04 Å². The molecule has 0 amide bonds. The monoisotopic (exact) mass is 269 g/mol. The predicted molar refractivity (Wildman–Crippen MR) is 83.7 cm³/mol. The molecule has 0 radical (unpaired) electrons. The minimum absolute atomic E-state index is 0.261. The number of benzene rings is 2. The Morgan fingerprint density at radius 2 is 1.40 bits per heavy atom. The highest BCUT2D eigenvalue weighted by Gasteiger charge is 2.22. The molecule has 0 fully saturated rings. The summed E-state index contributed by atoms with van der Waals surface area (Å²) in [5.74, 6) is 0. The van der Waals surface area contributed by atoms with Gasteiger partial charge in [-0.1, -0.05) is 60.7 Å². The van der Waals surface area contributed by atoms with Gasteiger partial charge in [-0.15, -0.1) is 0 Å². The van der Waals surface area contributed by atoms with E-state index in [9.17, 15) is 0 Å². The van der Waals surface area contributed by atoms with Gasteiger partial charge in [-0.05, 0) is 25.1 Å². The maximum atomic E-state index is 5.42. The van der Waals surface area contributed by atoms with Gasteiger partial charge in [-0.2, -0.15) is 0 Å². The molecule has 0 aromatic heterocycles. The van der Waals surface area contributed by atoms with Gasteiger partial charge in [0.1, 0.15) is 0 Å². The Balaban J connectivity index is 2.21. The third-order valence-corrected chi connectivity index (χ3v) is 3.89. The van der Waals surface area contributed by atoms with Crippen LogP contribution in [0.1, 0.15) is 30.1 Å². The second-order valence-corrected chi connectivity index (χ2v) is 5.13. The van der Waals surface area contributed by atoms with Crippen molar-refractivity contribution in [2.45, 2.75) is 19.0 Å². The highest BCUT2D eigenvalue weighted by molar-refractivity contribution is 5.22. The van der Waals surface area contributed by atoms with E-state index in [1.807, 2.05) is 6.07 Å². The lowest BCUT2D eigenvalue weighted by atomic mass is 10.0. The molecular weight excluding hydrogens is 246 g/mol. The van der Waals surface area contributed by atoms with Crippen molar-refractivity contribution in [3.05, 3.63) is 71.8 Å². The summed E-state index contributed by atoms with van der Waals surface area (Å²) in [6, 6.07) is 21.7. The van der Waals surface area contributed by atoms with Crippen LogP contribution >= 0.6 is 0 Å². The Morgan fingerprint density at radius 1 is 0.900 bits per heavy atom. The molecule has 0 N–H and O–H groups in total. The predicted octanol–water partition coefficient (Wildman–Crippen LogP) is 4.07. The number of likely N-dealkylation sites (N-methyl/N-ethyl adjacent to an activating group) is 1. The first-order valence-corrected chi connectivity index (χ1v) is 7.04. The Bertz CT molecular complexity index is 497. The molecule has 0 bridgehead atoms. The molecule has 0 aliphatic rings. The van der Waals surface area contributed by atoms with Crippen molar-refractivity contribution in [1.29, 1.82) is 0 Å². The van der Waals surface area contributed by atoms with Gasteiger partial charge in [0, 0.05) is 13.2 Å². The zero-order valence-electron chi connectivity index (χ0n) is 12.5. The highest BCUT2D eigenvalue weighted by atomic mass is 16.5. The van der Waals surface area contributed by atoms with E-state index in [2.05, 4.69) is 73.5 Å². The Kier molecular flexibility index (Phi) is 5.33. The van der Waals surface area contributed by atoms with E-state index < -0.39 is 0 Å². The van der Waals surface area contributed by atoms with Gasteiger partial charge in [0.25, 0.3) is 0 Å². The van der Waals surface area contributed by atoms with Crippen molar-refractivity contribution in [3.8, 4) is 0 Å². The number of hydrogen-bond acceptors (Lipinski definition) is 2. The highest BCUT2D eigenvalue weighted by Crippen LogP contribution is 2.28. The van der Waals surface area contributed by atoms with Crippen LogP contribution in [0.4, 0.5) is 0 Å². The summed E-state index contributed by atoms with van der Waals surface area (Å²) in [7, 11) is 3.92. The average molecular weight is 269 g/mol. The minimum Gasteiger partial charge on any atom is -0.383 e. The van der Waals surface area contributed by atoms with Gasteiger partial charge < -0.3 is 4.74 Å². The molecule has 2 nitrogen and oxygen atoms in total. The van der Waals surface area contributed by atoms with Crippen molar-refractivity contribution < 1.29 is 4.74 Å². The molecule has 0 saturated carbocycles. The summed E-state index contributed by atoms with van der Waals surface area (Å²) in [6.45, 7) is 2.93. The lowest BCUT2D eigenvalue weighted by Crippen LogP contribution is -2.30. The molecule has 2 rings (SSSR count). The van der Waals surface area contributed by atoms with Gasteiger partial charge in [0.15, 0.2) is 0 Å². The van der Waals surface area contributed by atoms with E-state index in [1.165, 1.54) is 11.1 Å². The second kappa shape index (κ2) is 7.22. The summed E-state index contributed by atoms with van der Waals surface area (Å²) in [5, 5.41) is 0. The Labute approximate surface area is 122 Å². The third kappa shape index (κ3) is 3.47. The van der Waals surface area contributed by atoms with E-state index >= 15 is 0 Å². The molecule has 0 unspecified atom stereocenters. The number of methoxy groups -OCH3 is 1. The molecule has 20 heavy (non-hydrogen) atoms. The lowest BCUT2D eigenvalue weighted by molar-refractivity contribution is 0.0841. The van der Waals surface area contributed by atoms with Crippen molar-refractivity contribution in [2.75, 3.05) is 20.8 Å². The maximum absolute atomic E-state index is 5.42. The molecule has 0 aliphatic heterocycles. The molecule has 106 valence electrons. The molecule has 0 spiro atoms. The minimum atomic E-state index is 0.261. The van der Waals surface area contributed by atoms with E-state index in [1.54, 1.807) is 7.11 Å². The summed E-state index contributed by atoms with van der Waals surface area (Å²) in [6.07, 6.45) is 0. The van der Waals surface area contributed by atoms with E-state index in [0.717, 1.165) is 0 Å². The second-order valence-electron chi connectivity index (χ2n) is 5.13. The van der Waals surface area contributed by atoms with Crippen molar-refractivity contribution in [3.63, 3.8) is 0 Å². The summed E-state index contributed by atoms with van der Waals surface area (Å²) in [4.78, 5) is 2.37. The van der Waals surface area contributed by atoms with Crippen LogP contribution in [0.25, 0.3) is 0 Å². The van der Waals surface area contributed by atoms with Gasteiger partial charge in [0.2, 0.25) is 0 Å². The topological polar surface area (TPSA) is 12.5 Å². The molecule has 2 atom stereocenters. The molecule has 0 aliphatic carbocycles. The van der Waals surface area contributed by atoms with Crippen LogP contribution in [-0.2, 0) is 4.74 Å². The zero-order chi connectivity index (χ0) is 14.4. The molecule has 2 aromatic rings. The molecule has 2 heteroatoms. The van der Waals surface area contributed by atoms with Gasteiger partial charge >= 0.3 is 0 Å². The van der Waals surface area contributed by atoms with Gasteiger partial charge in [-0.25, -0.2) is 0 Å². The fourth-order valence-corrected chi connectivity index (χ4v) is 2.52. The number of rotatable bonds is 6. The Morgan fingerprint density at radius 3 is 1.90 bits per heavy atom. The first-order chi connectivity index (χ1) is 9.74. The fourth-order valence-electron chi connectivity index (χ4n) is 2.52. The quantitative estimate of drug-likeness (QED) is 0.784. The normalized spacial score (nSPS) is 14.2. The average Bonchev–Trinajstić information content (AvgIpc) is 2.53. The van der Waals surface area contributed by atoms with Crippen LogP contribution in [0.15, 0.2) is 60.7 Å². The maximum Gasteiger partial charge on any atom is 0.0659 e. The third-order valence-electron chi connectivity index (χ3n) is 3.89. The van der Waals surface area contributed by atoms with Crippen LogP contribution in [0.3, 0.4) is 0 Å². The van der Waals surface area contributed by atoms with Gasteiger partial charge in [0.05, 0.1) is 12.6 Å². The Hall–Kier alpha value is -1.64. The van der Waals surface area contributed by atoms with Gasteiger partial charge in [-0.3, -0.25) is 4.90 Å². The first kappa shape index (κ1) is 14.8. The number of ether oxygens (including phenoxy) is 1. The number of hydrogen-bond donors (Lipinski definition) is 0. The largest absolute Gasteiger partial charge is 0.383 e. The number of nitrogens with zero attached hydrogens (tertiary/aromatic N) is 1. The summed E-state index contributed by atoms with van der Waals surface area (Å²) < 4.78 is 5.42. The van der Waals surface area contributed by atoms with Crippen molar-refractivity contribution >= 4 is 0 Å². The smallest absolute Gasteiger partial charge is 0.0659 e. The van der Waals surface area contributed by atoms with Crippen LogP contribution < -0.4 is 0 Å². The molecule has 2 aromatic carbocycles. The molecular formula is C18H23NO. The molecule has 0 heterocycles. The van der Waals surface area contributed by atoms with Crippen LogP contribution in [0.2, 0.25) is 0 Å². The standard InChI is InChI=1S/C18H23NO/c1-15(16-10-6-4-7-11-16)19(2)18(14-20-3)17-12-8-5-9-13-17/h4-13,15,18H,14H2,1-3H3/t15-,18-/m0/s1. The van der Waals surface area contributed by atoms with E-state index in [0.29, 0.717) is 12.6 Å². The van der Waals surface area contributed by atoms with Crippen LogP contribution in [0, 0.1) is 0 Å². The van der Waals surface area contributed by atoms with Crippen LogP contribution in [0.5, 0.6) is 0 Å². The fraction of sp³-hybridized carbons (Fsp3) is 0.333. The zero-order valence-corrected chi connectivity index (χ0v) is 12.5. The summed E-state index contributed by atoms with van der Waals surface area (Å²) >= 11 is 0. The first-order valence-electron chi connectivity index (χ1n) is 7.04. The SMILES string of the molecule is COC[C@@H](c1ccccc1)N(C)[C@@H](C)c1ccccc1. The summed E-state index contributed by atoms with van der Waals surface area (Å²) in [5.41, 5.74) is 2.62. The van der Waals surface area contributed by atoms with E-state index in [4.69, 9.17) is 4.74 Å².